The second-order valence-electron chi connectivity index (χ2n) is 4.92. The second-order valence-corrected chi connectivity index (χ2v) is 5.96. The second kappa shape index (κ2) is 5.25. The third-order valence-corrected chi connectivity index (χ3v) is 4.26. The summed E-state index contributed by atoms with van der Waals surface area (Å²) in [5.41, 5.74) is 2.95. The van der Waals surface area contributed by atoms with Crippen molar-refractivity contribution in [2.45, 2.75) is 27.3 Å². The van der Waals surface area contributed by atoms with E-state index in [0.29, 0.717) is 12.1 Å². The maximum absolute atomic E-state index is 12.1. The van der Waals surface area contributed by atoms with Crippen molar-refractivity contribution in [3.8, 4) is 0 Å². The highest BCUT2D eigenvalue weighted by Crippen LogP contribution is 2.14. The fraction of sp³-hybridized carbons (Fsp3) is 0.286. The highest BCUT2D eigenvalue weighted by molar-refractivity contribution is 7.16. The van der Waals surface area contributed by atoms with Gasteiger partial charge in [-0.05, 0) is 44.0 Å². The summed E-state index contributed by atoms with van der Waals surface area (Å²) in [6, 6.07) is 5.69. The summed E-state index contributed by atoms with van der Waals surface area (Å²) in [5.74, 6) is 0.647. The van der Waals surface area contributed by atoms with Crippen molar-refractivity contribution in [2.75, 3.05) is 0 Å². The van der Waals surface area contributed by atoms with Crippen molar-refractivity contribution in [3.63, 3.8) is 0 Å². The minimum absolute atomic E-state index is 0.0965. The lowest BCUT2D eigenvalue weighted by Gasteiger charge is -2.05. The van der Waals surface area contributed by atoms with Crippen LogP contribution in [0.25, 0.3) is 4.96 Å². The van der Waals surface area contributed by atoms with Gasteiger partial charge < -0.3 is 5.32 Å². The molecule has 0 radical (unpaired) electrons. The summed E-state index contributed by atoms with van der Waals surface area (Å²) in [5, 5.41) is 16.0. The maximum atomic E-state index is 12.1. The van der Waals surface area contributed by atoms with E-state index in [0.717, 1.165) is 21.4 Å². The summed E-state index contributed by atoms with van der Waals surface area (Å²) >= 11 is 1.42. The molecular formula is C14H15N5OS. The topological polar surface area (TPSA) is 72.2 Å². The van der Waals surface area contributed by atoms with Gasteiger partial charge in [0.1, 0.15) is 5.01 Å². The summed E-state index contributed by atoms with van der Waals surface area (Å²) in [6.07, 6.45) is 0. The number of hydrogen-bond donors (Lipinski definition) is 1. The van der Waals surface area contributed by atoms with Crippen molar-refractivity contribution in [1.29, 1.82) is 0 Å². The largest absolute Gasteiger partial charge is 0.345 e. The van der Waals surface area contributed by atoms with E-state index >= 15 is 0 Å². The lowest BCUT2D eigenvalue weighted by molar-refractivity contribution is 0.0950. The van der Waals surface area contributed by atoms with E-state index in [2.05, 4.69) is 20.6 Å². The van der Waals surface area contributed by atoms with Crippen LogP contribution in [0.15, 0.2) is 18.2 Å². The number of aryl methyl sites for hydroxylation is 3. The fourth-order valence-electron chi connectivity index (χ4n) is 1.97. The van der Waals surface area contributed by atoms with Gasteiger partial charge in [0.15, 0.2) is 5.82 Å². The average molecular weight is 301 g/mol. The zero-order chi connectivity index (χ0) is 15.0. The molecule has 1 aromatic carbocycles. The normalized spacial score (nSPS) is 11.0. The summed E-state index contributed by atoms with van der Waals surface area (Å²) in [4.78, 5) is 12.9. The molecule has 0 saturated heterocycles. The molecule has 0 aliphatic heterocycles. The quantitative estimate of drug-likeness (QED) is 0.803. The first-order valence-electron chi connectivity index (χ1n) is 6.58. The molecule has 21 heavy (non-hydrogen) atoms. The molecular weight excluding hydrogens is 286 g/mol. The number of nitrogens with one attached hydrogen (secondary N) is 1. The van der Waals surface area contributed by atoms with Crippen LogP contribution in [0.3, 0.4) is 0 Å². The lowest BCUT2D eigenvalue weighted by Crippen LogP contribution is -2.23. The molecule has 1 N–H and O–H groups in total. The van der Waals surface area contributed by atoms with Gasteiger partial charge in [-0.25, -0.2) is 0 Å². The van der Waals surface area contributed by atoms with E-state index in [4.69, 9.17) is 0 Å². The van der Waals surface area contributed by atoms with Crippen molar-refractivity contribution in [2.24, 2.45) is 0 Å². The van der Waals surface area contributed by atoms with Gasteiger partial charge in [-0.1, -0.05) is 17.4 Å². The number of carbonyl (C=O) groups is 1. The Morgan fingerprint density at radius 3 is 2.76 bits per heavy atom. The van der Waals surface area contributed by atoms with Crippen LogP contribution >= 0.6 is 11.3 Å². The highest BCUT2D eigenvalue weighted by Gasteiger charge is 2.11. The molecule has 3 aromatic rings. The molecule has 0 saturated carbocycles. The average Bonchev–Trinajstić information content (AvgIpc) is 3.01. The molecule has 0 bridgehead atoms. The number of amides is 1. The summed E-state index contributed by atoms with van der Waals surface area (Å²) < 4.78 is 1.68. The Hall–Kier alpha value is -2.28. The van der Waals surface area contributed by atoms with Gasteiger partial charge in [-0.15, -0.1) is 10.2 Å². The van der Waals surface area contributed by atoms with Crippen LogP contribution in [-0.4, -0.2) is 25.7 Å². The predicted octanol–water partition coefficient (Wildman–Crippen LogP) is 2.04. The van der Waals surface area contributed by atoms with Gasteiger partial charge in [0.25, 0.3) is 5.91 Å². The first-order valence-corrected chi connectivity index (χ1v) is 7.39. The molecule has 3 rings (SSSR count). The molecule has 0 atom stereocenters. The smallest absolute Gasteiger partial charge is 0.251 e. The van der Waals surface area contributed by atoms with Crippen LogP contribution in [0.2, 0.25) is 0 Å². The van der Waals surface area contributed by atoms with Crippen LogP contribution in [-0.2, 0) is 6.54 Å². The SMILES string of the molecule is Cc1ccc(C(=O)NCc2nn3c(C)nnc3s2)cc1C. The zero-order valence-electron chi connectivity index (χ0n) is 12.0. The molecule has 0 aliphatic carbocycles. The Bertz CT molecular complexity index is 820. The molecule has 0 aliphatic rings. The molecule has 0 unspecified atom stereocenters. The zero-order valence-corrected chi connectivity index (χ0v) is 12.9. The third-order valence-electron chi connectivity index (χ3n) is 3.36. The number of fused-ring (bicyclic) bond motifs is 1. The van der Waals surface area contributed by atoms with Gasteiger partial charge in [0.05, 0.1) is 6.54 Å². The molecule has 0 fully saturated rings. The molecule has 0 spiro atoms. The van der Waals surface area contributed by atoms with E-state index in [-0.39, 0.29) is 5.91 Å². The van der Waals surface area contributed by atoms with Crippen molar-refractivity contribution in [1.82, 2.24) is 25.1 Å². The number of hydrogen-bond acceptors (Lipinski definition) is 5. The number of rotatable bonds is 3. The number of carbonyl (C=O) groups excluding carboxylic acids is 1. The number of aromatic nitrogens is 4. The third kappa shape index (κ3) is 2.64. The Balaban J connectivity index is 1.71. The summed E-state index contributed by atoms with van der Waals surface area (Å²) in [7, 11) is 0. The van der Waals surface area contributed by atoms with E-state index in [1.165, 1.54) is 16.9 Å². The minimum atomic E-state index is -0.0965. The van der Waals surface area contributed by atoms with E-state index in [1.54, 1.807) is 4.52 Å². The minimum Gasteiger partial charge on any atom is -0.345 e. The van der Waals surface area contributed by atoms with E-state index in [1.807, 2.05) is 39.0 Å². The predicted molar refractivity (Wildman–Crippen MR) is 80.5 cm³/mol. The van der Waals surface area contributed by atoms with Crippen molar-refractivity contribution in [3.05, 3.63) is 45.7 Å². The van der Waals surface area contributed by atoms with Gasteiger partial charge in [-0.3, -0.25) is 4.79 Å². The Morgan fingerprint density at radius 2 is 2.05 bits per heavy atom. The molecule has 7 heteroatoms. The molecule has 108 valence electrons. The first kappa shape index (κ1) is 13.7. The van der Waals surface area contributed by atoms with Crippen molar-refractivity contribution >= 4 is 22.2 Å². The maximum Gasteiger partial charge on any atom is 0.251 e. The monoisotopic (exact) mass is 301 g/mol. The van der Waals surface area contributed by atoms with Gasteiger partial charge in [-0.2, -0.15) is 9.61 Å². The first-order chi connectivity index (χ1) is 10.0. The van der Waals surface area contributed by atoms with Crippen LogP contribution in [0.5, 0.6) is 0 Å². The Kier molecular flexibility index (Phi) is 3.42. The molecule has 1 amide bonds. The Labute approximate surface area is 125 Å². The number of benzene rings is 1. The van der Waals surface area contributed by atoms with Crippen LogP contribution < -0.4 is 5.32 Å². The van der Waals surface area contributed by atoms with E-state index in [9.17, 15) is 4.79 Å². The van der Waals surface area contributed by atoms with Crippen LogP contribution in [0.4, 0.5) is 0 Å². The lowest BCUT2D eigenvalue weighted by atomic mass is 10.1. The van der Waals surface area contributed by atoms with Crippen LogP contribution in [0, 0.1) is 20.8 Å². The molecule has 2 aromatic heterocycles. The van der Waals surface area contributed by atoms with Gasteiger partial charge in [0, 0.05) is 5.56 Å². The van der Waals surface area contributed by atoms with E-state index < -0.39 is 0 Å². The van der Waals surface area contributed by atoms with Crippen LogP contribution in [0.1, 0.15) is 32.3 Å². The standard InChI is InChI=1S/C14H15N5OS/c1-8-4-5-11(6-9(8)2)13(20)15-7-12-18-19-10(3)16-17-14(19)21-12/h4-6H,7H2,1-3H3,(H,15,20). The van der Waals surface area contributed by atoms with Gasteiger partial charge >= 0.3 is 0 Å². The van der Waals surface area contributed by atoms with Crippen molar-refractivity contribution < 1.29 is 4.79 Å². The summed E-state index contributed by atoms with van der Waals surface area (Å²) in [6.45, 7) is 6.26. The molecule has 2 heterocycles. The van der Waals surface area contributed by atoms with Gasteiger partial charge in [0.2, 0.25) is 4.96 Å². The number of nitrogens with zero attached hydrogens (tertiary/aromatic N) is 4. The fourth-order valence-corrected chi connectivity index (χ4v) is 2.79. The Morgan fingerprint density at radius 1 is 1.24 bits per heavy atom. The molecule has 6 nitrogen and oxygen atoms in total. The highest BCUT2D eigenvalue weighted by atomic mass is 32.1.